The summed E-state index contributed by atoms with van der Waals surface area (Å²) < 4.78 is 0.553. The lowest BCUT2D eigenvalue weighted by Crippen LogP contribution is -1.98. The van der Waals surface area contributed by atoms with Gasteiger partial charge in [-0.2, -0.15) is 0 Å². The van der Waals surface area contributed by atoms with E-state index in [1.54, 1.807) is 0 Å². The maximum Gasteiger partial charge on any atom is 0.220 e. The highest BCUT2D eigenvalue weighted by Crippen LogP contribution is 2.10. The molecular weight excluding hydrogens is 198 g/mol. The Morgan fingerprint density at radius 1 is 1.70 bits per heavy atom. The van der Waals surface area contributed by atoms with Gasteiger partial charge in [-0.3, -0.25) is 4.79 Å². The minimum absolute atomic E-state index is 0.102. The molecule has 0 fully saturated rings. The number of anilines is 1. The van der Waals surface area contributed by atoms with E-state index in [1.807, 2.05) is 0 Å². The summed E-state index contributed by atoms with van der Waals surface area (Å²) in [5, 5.41) is 0. The van der Waals surface area contributed by atoms with Crippen LogP contribution in [0, 0.1) is 0 Å². The summed E-state index contributed by atoms with van der Waals surface area (Å²) in [4.78, 5) is 17.5. The molecule has 0 atom stereocenters. The Hall–Kier alpha value is -0.970. The van der Waals surface area contributed by atoms with Gasteiger partial charge in [0.05, 0.1) is 4.47 Å². The predicted octanol–water partition coefficient (Wildman–Crippen LogP) is 0.634. The first-order valence-corrected chi connectivity index (χ1v) is 3.26. The number of nitrogen functional groups attached to an aromatic ring is 1. The van der Waals surface area contributed by atoms with E-state index in [9.17, 15) is 4.79 Å². The van der Waals surface area contributed by atoms with Crippen LogP contribution in [-0.4, -0.2) is 16.3 Å². The molecular formula is C5H4BrN3O. The average Bonchev–Trinajstić information content (AvgIpc) is 1.94. The van der Waals surface area contributed by atoms with Crippen LogP contribution in [0.4, 0.5) is 5.95 Å². The monoisotopic (exact) mass is 201 g/mol. The molecule has 1 heterocycles. The summed E-state index contributed by atoms with van der Waals surface area (Å²) in [5.41, 5.74) is 5.47. The van der Waals surface area contributed by atoms with Crippen molar-refractivity contribution in [2.75, 3.05) is 5.73 Å². The second-order valence-electron chi connectivity index (χ2n) is 1.58. The van der Waals surface area contributed by atoms with Crippen molar-refractivity contribution >= 4 is 28.2 Å². The highest BCUT2D eigenvalue weighted by Gasteiger charge is 1.99. The molecule has 5 heteroatoms. The summed E-state index contributed by atoms with van der Waals surface area (Å²) in [6.45, 7) is 0. The number of aldehydes is 1. The molecule has 0 saturated carbocycles. The van der Waals surface area contributed by atoms with Crippen molar-refractivity contribution in [3.8, 4) is 0 Å². The van der Waals surface area contributed by atoms with Crippen molar-refractivity contribution < 1.29 is 4.79 Å². The SMILES string of the molecule is Nc1ncc(Br)c(C=O)n1. The van der Waals surface area contributed by atoms with Crippen molar-refractivity contribution in [2.24, 2.45) is 0 Å². The van der Waals surface area contributed by atoms with Crippen LogP contribution in [0.2, 0.25) is 0 Å². The second-order valence-corrected chi connectivity index (χ2v) is 2.43. The maximum absolute atomic E-state index is 10.2. The van der Waals surface area contributed by atoms with E-state index in [-0.39, 0.29) is 11.6 Å². The molecule has 0 radical (unpaired) electrons. The highest BCUT2D eigenvalue weighted by molar-refractivity contribution is 9.10. The first-order valence-electron chi connectivity index (χ1n) is 2.47. The first kappa shape index (κ1) is 7.14. The standard InChI is InChI=1S/C5H4BrN3O/c6-3-1-8-5(7)9-4(3)2-10/h1-2H,(H2,7,8,9). The Labute approximate surface area is 65.6 Å². The molecule has 0 bridgehead atoms. The zero-order valence-corrected chi connectivity index (χ0v) is 6.50. The summed E-state index contributed by atoms with van der Waals surface area (Å²) in [6, 6.07) is 0. The van der Waals surface area contributed by atoms with Crippen molar-refractivity contribution in [1.82, 2.24) is 9.97 Å². The van der Waals surface area contributed by atoms with E-state index in [0.29, 0.717) is 10.8 Å². The molecule has 0 aliphatic carbocycles. The zero-order chi connectivity index (χ0) is 7.56. The third-order valence-corrected chi connectivity index (χ3v) is 1.51. The number of halogens is 1. The number of hydrogen-bond acceptors (Lipinski definition) is 4. The largest absolute Gasteiger partial charge is 0.368 e. The second kappa shape index (κ2) is 2.74. The molecule has 0 aliphatic heterocycles. The molecule has 1 aromatic rings. The fraction of sp³-hybridized carbons (Fsp3) is 0. The zero-order valence-electron chi connectivity index (χ0n) is 4.91. The van der Waals surface area contributed by atoms with Crippen molar-refractivity contribution in [3.63, 3.8) is 0 Å². The quantitative estimate of drug-likeness (QED) is 0.678. The van der Waals surface area contributed by atoms with Crippen LogP contribution in [0.1, 0.15) is 10.5 Å². The van der Waals surface area contributed by atoms with Gasteiger partial charge < -0.3 is 5.73 Å². The lowest BCUT2D eigenvalue weighted by Gasteiger charge is -1.93. The minimum Gasteiger partial charge on any atom is -0.368 e. The fourth-order valence-corrected chi connectivity index (χ4v) is 0.762. The lowest BCUT2D eigenvalue weighted by atomic mass is 10.4. The Morgan fingerprint density at radius 2 is 2.40 bits per heavy atom. The van der Waals surface area contributed by atoms with Gasteiger partial charge in [-0.25, -0.2) is 9.97 Å². The van der Waals surface area contributed by atoms with Gasteiger partial charge >= 0.3 is 0 Å². The number of aromatic nitrogens is 2. The molecule has 2 N–H and O–H groups in total. The third-order valence-electron chi connectivity index (χ3n) is 0.901. The topological polar surface area (TPSA) is 68.9 Å². The van der Waals surface area contributed by atoms with Gasteiger partial charge in [-0.15, -0.1) is 0 Å². The number of hydrogen-bond donors (Lipinski definition) is 1. The Kier molecular flexibility index (Phi) is 1.96. The molecule has 0 amide bonds. The van der Waals surface area contributed by atoms with Crippen molar-refractivity contribution in [1.29, 1.82) is 0 Å². The molecule has 0 saturated heterocycles. The molecule has 0 aromatic carbocycles. The van der Waals surface area contributed by atoms with Crippen molar-refractivity contribution in [2.45, 2.75) is 0 Å². The normalized spacial score (nSPS) is 9.30. The number of rotatable bonds is 1. The summed E-state index contributed by atoms with van der Waals surface area (Å²) in [7, 11) is 0. The van der Waals surface area contributed by atoms with Gasteiger partial charge in [0.25, 0.3) is 0 Å². The highest BCUT2D eigenvalue weighted by atomic mass is 79.9. The van der Waals surface area contributed by atoms with Crippen LogP contribution in [0.25, 0.3) is 0 Å². The molecule has 1 rings (SSSR count). The van der Waals surface area contributed by atoms with Crippen LogP contribution in [-0.2, 0) is 0 Å². The van der Waals surface area contributed by atoms with Gasteiger partial charge in [-0.1, -0.05) is 0 Å². The van der Waals surface area contributed by atoms with E-state index in [1.165, 1.54) is 6.20 Å². The smallest absolute Gasteiger partial charge is 0.220 e. The number of nitrogens with zero attached hydrogens (tertiary/aromatic N) is 2. The van der Waals surface area contributed by atoms with E-state index < -0.39 is 0 Å². The van der Waals surface area contributed by atoms with Gasteiger partial charge in [0.15, 0.2) is 6.29 Å². The number of carbonyl (C=O) groups is 1. The van der Waals surface area contributed by atoms with Gasteiger partial charge in [0.2, 0.25) is 5.95 Å². The molecule has 4 nitrogen and oxygen atoms in total. The van der Waals surface area contributed by atoms with Gasteiger partial charge in [-0.05, 0) is 15.9 Å². The number of nitrogens with two attached hydrogens (primary N) is 1. The first-order chi connectivity index (χ1) is 4.74. The molecule has 0 spiro atoms. The van der Waals surface area contributed by atoms with Gasteiger partial charge in [0.1, 0.15) is 5.69 Å². The van der Waals surface area contributed by atoms with Crippen LogP contribution in [0.5, 0.6) is 0 Å². The van der Waals surface area contributed by atoms with Gasteiger partial charge in [0, 0.05) is 6.20 Å². The molecule has 0 aliphatic rings. The van der Waals surface area contributed by atoms with Crippen LogP contribution >= 0.6 is 15.9 Å². The molecule has 1 aromatic heterocycles. The number of carbonyl (C=O) groups excluding carboxylic acids is 1. The Bertz CT molecular complexity index is 263. The van der Waals surface area contributed by atoms with Crippen LogP contribution in [0.15, 0.2) is 10.7 Å². The summed E-state index contributed by atoms with van der Waals surface area (Å²) in [5.74, 6) is 0.102. The Morgan fingerprint density at radius 3 is 2.90 bits per heavy atom. The predicted molar refractivity (Wildman–Crippen MR) is 39.5 cm³/mol. The average molecular weight is 202 g/mol. The van der Waals surface area contributed by atoms with E-state index in [2.05, 4.69) is 25.9 Å². The van der Waals surface area contributed by atoms with E-state index in [0.717, 1.165) is 0 Å². The lowest BCUT2D eigenvalue weighted by molar-refractivity contribution is 0.111. The van der Waals surface area contributed by atoms with Crippen LogP contribution < -0.4 is 5.73 Å². The molecule has 10 heavy (non-hydrogen) atoms. The minimum atomic E-state index is 0.102. The summed E-state index contributed by atoms with van der Waals surface area (Å²) in [6.07, 6.45) is 2.05. The van der Waals surface area contributed by atoms with Crippen LogP contribution in [0.3, 0.4) is 0 Å². The summed E-state index contributed by atoms with van der Waals surface area (Å²) >= 11 is 3.08. The Balaban J connectivity index is 3.21. The van der Waals surface area contributed by atoms with Crippen molar-refractivity contribution in [3.05, 3.63) is 16.4 Å². The third kappa shape index (κ3) is 1.30. The fourth-order valence-electron chi connectivity index (χ4n) is 0.477. The van der Waals surface area contributed by atoms with E-state index >= 15 is 0 Å². The molecule has 52 valence electrons. The molecule has 0 unspecified atom stereocenters. The van der Waals surface area contributed by atoms with E-state index in [4.69, 9.17) is 5.73 Å². The maximum atomic E-state index is 10.2.